The molecule has 0 spiro atoms. The Hall–Kier alpha value is -3.27. The summed E-state index contributed by atoms with van der Waals surface area (Å²) in [7, 11) is 0. The Morgan fingerprint density at radius 1 is 1.13 bits per heavy atom. The van der Waals surface area contributed by atoms with Gasteiger partial charge in [0.15, 0.2) is 5.78 Å². The SMILES string of the molecule is C#Cc1cccc(Nc2ncnc3ccc(CC(=O)CNCCN(CC)CC)cc23)c1. The first-order valence-corrected chi connectivity index (χ1v) is 10.6. The number of likely N-dealkylation sites (N-methyl/N-ethyl adjacent to an activating group) is 1. The number of benzene rings is 2. The fraction of sp³-hybridized carbons (Fsp3) is 0.320. The number of nitrogens with zero attached hydrogens (tertiary/aromatic N) is 3. The third-order valence-electron chi connectivity index (χ3n) is 5.21. The fourth-order valence-electron chi connectivity index (χ4n) is 3.43. The molecule has 31 heavy (non-hydrogen) atoms. The Kier molecular flexibility index (Phi) is 8.11. The summed E-state index contributed by atoms with van der Waals surface area (Å²) < 4.78 is 0. The summed E-state index contributed by atoms with van der Waals surface area (Å²) in [5.74, 6) is 3.48. The largest absolute Gasteiger partial charge is 0.340 e. The van der Waals surface area contributed by atoms with Gasteiger partial charge in [-0.1, -0.05) is 31.9 Å². The molecule has 0 radical (unpaired) electrons. The quantitative estimate of drug-likeness (QED) is 0.370. The number of hydrogen-bond acceptors (Lipinski definition) is 6. The topological polar surface area (TPSA) is 70.1 Å². The normalized spacial score (nSPS) is 10.9. The Bertz CT molecular complexity index is 1070. The molecule has 0 atom stereocenters. The Labute approximate surface area is 184 Å². The summed E-state index contributed by atoms with van der Waals surface area (Å²) in [6.07, 6.45) is 7.40. The van der Waals surface area contributed by atoms with E-state index in [1.54, 1.807) is 0 Å². The zero-order chi connectivity index (χ0) is 22.1. The third-order valence-corrected chi connectivity index (χ3v) is 5.21. The fourth-order valence-corrected chi connectivity index (χ4v) is 3.43. The van der Waals surface area contributed by atoms with Gasteiger partial charge in [-0.25, -0.2) is 9.97 Å². The average molecular weight is 416 g/mol. The molecule has 0 saturated heterocycles. The van der Waals surface area contributed by atoms with Crippen LogP contribution in [0.5, 0.6) is 0 Å². The van der Waals surface area contributed by atoms with Gasteiger partial charge in [-0.05, 0) is 49.0 Å². The van der Waals surface area contributed by atoms with Crippen LogP contribution in [0.1, 0.15) is 25.0 Å². The van der Waals surface area contributed by atoms with Crippen molar-refractivity contribution in [2.45, 2.75) is 20.3 Å². The van der Waals surface area contributed by atoms with Crippen molar-refractivity contribution in [1.82, 2.24) is 20.2 Å². The van der Waals surface area contributed by atoms with Crippen LogP contribution in [0.3, 0.4) is 0 Å². The molecule has 160 valence electrons. The summed E-state index contributed by atoms with van der Waals surface area (Å²) in [6, 6.07) is 13.5. The minimum Gasteiger partial charge on any atom is -0.340 e. The number of carbonyl (C=O) groups is 1. The first-order chi connectivity index (χ1) is 15.1. The molecule has 0 bridgehead atoms. The van der Waals surface area contributed by atoms with Gasteiger partial charge in [0.2, 0.25) is 0 Å². The molecular weight excluding hydrogens is 386 g/mol. The highest BCUT2D eigenvalue weighted by Crippen LogP contribution is 2.24. The van der Waals surface area contributed by atoms with Crippen LogP contribution in [-0.2, 0) is 11.2 Å². The maximum atomic E-state index is 12.4. The smallest absolute Gasteiger partial charge is 0.150 e. The highest BCUT2D eigenvalue weighted by atomic mass is 16.1. The van der Waals surface area contributed by atoms with Gasteiger partial charge in [-0.3, -0.25) is 4.79 Å². The molecule has 2 N–H and O–H groups in total. The average Bonchev–Trinajstić information content (AvgIpc) is 2.79. The highest BCUT2D eigenvalue weighted by molar-refractivity contribution is 5.92. The zero-order valence-electron chi connectivity index (χ0n) is 18.2. The van der Waals surface area contributed by atoms with Gasteiger partial charge in [0, 0.05) is 36.1 Å². The van der Waals surface area contributed by atoms with Crippen LogP contribution in [0.25, 0.3) is 10.9 Å². The van der Waals surface area contributed by atoms with E-state index < -0.39 is 0 Å². The molecule has 6 heteroatoms. The lowest BCUT2D eigenvalue weighted by atomic mass is 10.1. The van der Waals surface area contributed by atoms with Crippen molar-refractivity contribution in [2.24, 2.45) is 0 Å². The van der Waals surface area contributed by atoms with Crippen molar-refractivity contribution < 1.29 is 4.79 Å². The maximum absolute atomic E-state index is 12.4. The molecular formula is C25H29N5O. The molecule has 3 aromatic rings. The van der Waals surface area contributed by atoms with Gasteiger partial charge >= 0.3 is 0 Å². The molecule has 0 unspecified atom stereocenters. The second kappa shape index (κ2) is 11.2. The lowest BCUT2D eigenvalue weighted by molar-refractivity contribution is -0.117. The molecule has 0 aliphatic rings. The number of anilines is 2. The Morgan fingerprint density at radius 3 is 2.74 bits per heavy atom. The van der Waals surface area contributed by atoms with Crippen molar-refractivity contribution in [2.75, 3.05) is 38.0 Å². The van der Waals surface area contributed by atoms with Gasteiger partial charge in [0.1, 0.15) is 12.1 Å². The van der Waals surface area contributed by atoms with Gasteiger partial charge in [0.05, 0.1) is 12.1 Å². The standard InChI is InChI=1S/C25H29N5O/c1-4-19-8-7-9-21(14-19)29-25-23-16-20(10-11-24(23)27-18-28-25)15-22(31)17-26-12-13-30(5-2)6-3/h1,7-11,14,16,18,26H,5-6,12-13,15,17H2,2-3H3,(H,27,28,29). The minimum absolute atomic E-state index is 0.159. The maximum Gasteiger partial charge on any atom is 0.150 e. The van der Waals surface area contributed by atoms with Crippen LogP contribution in [0, 0.1) is 12.3 Å². The number of fused-ring (bicyclic) bond motifs is 1. The summed E-state index contributed by atoms with van der Waals surface area (Å²) in [4.78, 5) is 23.5. The van der Waals surface area contributed by atoms with E-state index in [9.17, 15) is 4.79 Å². The van der Waals surface area contributed by atoms with E-state index in [0.717, 1.165) is 53.9 Å². The molecule has 0 aliphatic carbocycles. The van der Waals surface area contributed by atoms with Crippen LogP contribution < -0.4 is 10.6 Å². The van der Waals surface area contributed by atoms with E-state index in [2.05, 4.69) is 45.3 Å². The lowest BCUT2D eigenvalue weighted by Gasteiger charge is -2.17. The third kappa shape index (κ3) is 6.35. The molecule has 0 saturated carbocycles. The lowest BCUT2D eigenvalue weighted by Crippen LogP contribution is -2.34. The van der Waals surface area contributed by atoms with Gasteiger partial charge in [-0.2, -0.15) is 0 Å². The van der Waals surface area contributed by atoms with Crippen LogP contribution >= 0.6 is 0 Å². The molecule has 0 aliphatic heterocycles. The van der Waals surface area contributed by atoms with Crippen LogP contribution in [0.4, 0.5) is 11.5 Å². The first kappa shape index (κ1) is 22.4. The summed E-state index contributed by atoms with van der Waals surface area (Å²) in [5, 5.41) is 7.44. The number of aromatic nitrogens is 2. The summed E-state index contributed by atoms with van der Waals surface area (Å²) in [6.45, 7) is 8.46. The van der Waals surface area contributed by atoms with E-state index in [0.29, 0.717) is 18.8 Å². The van der Waals surface area contributed by atoms with E-state index in [4.69, 9.17) is 6.42 Å². The van der Waals surface area contributed by atoms with Crippen LogP contribution in [-0.4, -0.2) is 53.4 Å². The van der Waals surface area contributed by atoms with Gasteiger partial charge in [0.25, 0.3) is 0 Å². The number of carbonyl (C=O) groups excluding carboxylic acids is 1. The Balaban J connectivity index is 1.66. The van der Waals surface area contributed by atoms with E-state index in [1.807, 2.05) is 42.5 Å². The zero-order valence-corrected chi connectivity index (χ0v) is 18.2. The van der Waals surface area contributed by atoms with Crippen LogP contribution in [0.15, 0.2) is 48.8 Å². The number of hydrogen-bond donors (Lipinski definition) is 2. The van der Waals surface area contributed by atoms with Crippen molar-refractivity contribution in [1.29, 1.82) is 0 Å². The number of Topliss-reactive ketones (excluding diaryl/α,β-unsaturated/α-hetero) is 1. The second-order valence-electron chi connectivity index (χ2n) is 7.34. The van der Waals surface area contributed by atoms with Gasteiger partial charge < -0.3 is 15.5 Å². The molecule has 0 fully saturated rings. The highest BCUT2D eigenvalue weighted by Gasteiger charge is 2.09. The molecule has 1 aromatic heterocycles. The first-order valence-electron chi connectivity index (χ1n) is 10.6. The molecule has 0 amide bonds. The number of rotatable bonds is 11. The van der Waals surface area contributed by atoms with Crippen molar-refractivity contribution in [3.05, 3.63) is 59.9 Å². The number of ketones is 1. The Morgan fingerprint density at radius 2 is 1.97 bits per heavy atom. The molecule has 2 aromatic carbocycles. The van der Waals surface area contributed by atoms with E-state index in [-0.39, 0.29) is 5.78 Å². The summed E-state index contributed by atoms with van der Waals surface area (Å²) >= 11 is 0. The van der Waals surface area contributed by atoms with Crippen molar-refractivity contribution in [3.8, 4) is 12.3 Å². The number of terminal acetylenes is 1. The monoisotopic (exact) mass is 415 g/mol. The number of nitrogens with one attached hydrogen (secondary N) is 2. The minimum atomic E-state index is 0.159. The van der Waals surface area contributed by atoms with Crippen molar-refractivity contribution in [3.63, 3.8) is 0 Å². The predicted molar refractivity (Wildman–Crippen MR) is 127 cm³/mol. The van der Waals surface area contributed by atoms with E-state index >= 15 is 0 Å². The van der Waals surface area contributed by atoms with Crippen LogP contribution in [0.2, 0.25) is 0 Å². The second-order valence-corrected chi connectivity index (χ2v) is 7.34. The summed E-state index contributed by atoms with van der Waals surface area (Å²) in [5.41, 5.74) is 3.41. The predicted octanol–water partition coefficient (Wildman–Crippen LogP) is 3.40. The van der Waals surface area contributed by atoms with E-state index in [1.165, 1.54) is 6.33 Å². The van der Waals surface area contributed by atoms with Crippen molar-refractivity contribution >= 4 is 28.2 Å². The van der Waals surface area contributed by atoms with Gasteiger partial charge in [-0.15, -0.1) is 6.42 Å². The molecule has 1 heterocycles. The molecule has 3 rings (SSSR count). The molecule has 6 nitrogen and oxygen atoms in total.